The van der Waals surface area contributed by atoms with E-state index in [2.05, 4.69) is 29.5 Å². The fourth-order valence-electron chi connectivity index (χ4n) is 2.57. The Kier molecular flexibility index (Phi) is 13.7. The first kappa shape index (κ1) is 25.1. The van der Waals surface area contributed by atoms with Gasteiger partial charge in [-0.15, -0.1) is 24.0 Å². The summed E-state index contributed by atoms with van der Waals surface area (Å²) >= 11 is 0. The van der Waals surface area contributed by atoms with E-state index in [1.165, 1.54) is 6.07 Å². The lowest BCUT2D eigenvalue weighted by Gasteiger charge is -2.21. The normalized spacial score (nSPS) is 12.7. The van der Waals surface area contributed by atoms with Crippen LogP contribution in [0.2, 0.25) is 0 Å². The molecule has 26 heavy (non-hydrogen) atoms. The molecule has 7 heteroatoms. The van der Waals surface area contributed by atoms with Crippen molar-refractivity contribution >= 4 is 29.9 Å². The molecule has 1 rings (SSSR count). The van der Waals surface area contributed by atoms with Gasteiger partial charge in [0.25, 0.3) is 0 Å². The largest absolute Gasteiger partial charge is 0.380 e. The van der Waals surface area contributed by atoms with Crippen LogP contribution in [0.15, 0.2) is 23.2 Å². The average molecular weight is 481 g/mol. The van der Waals surface area contributed by atoms with Crippen LogP contribution in [0.1, 0.15) is 38.3 Å². The number of methoxy groups -OCH3 is 1. The lowest BCUT2D eigenvalue weighted by molar-refractivity contribution is 0.0258. The lowest BCUT2D eigenvalue weighted by Crippen LogP contribution is -2.39. The second kappa shape index (κ2) is 14.2. The summed E-state index contributed by atoms with van der Waals surface area (Å²) in [6.07, 6.45) is 1.16. The maximum atomic E-state index is 13.6. The summed E-state index contributed by atoms with van der Waals surface area (Å²) in [6, 6.07) is 5.04. The molecule has 0 saturated carbocycles. The van der Waals surface area contributed by atoms with Crippen molar-refractivity contribution in [3.05, 3.63) is 35.1 Å². The van der Waals surface area contributed by atoms with Crippen molar-refractivity contribution < 1.29 is 13.9 Å². The molecule has 1 aromatic carbocycles. The number of nitrogens with zero attached hydrogens (tertiary/aromatic N) is 1. The van der Waals surface area contributed by atoms with Gasteiger partial charge >= 0.3 is 0 Å². The van der Waals surface area contributed by atoms with Crippen LogP contribution in [0, 0.1) is 11.7 Å². The molecule has 5 nitrogen and oxygen atoms in total. The number of halogens is 2. The van der Waals surface area contributed by atoms with Crippen LogP contribution in [0.3, 0.4) is 0 Å². The quantitative estimate of drug-likeness (QED) is 0.304. The standard InChI is InChI=1S/C19H32FN3O2.HI/c1-6-25-18(14(2)3)9-10-22-19(21-4)23-12-15-7-8-17(20)16(11-15)13-24-5;/h7-8,11,14,18H,6,9-10,12-13H2,1-5H3,(H2,21,22,23);1H. The van der Waals surface area contributed by atoms with Gasteiger partial charge in [0.05, 0.1) is 12.7 Å². The molecule has 0 fully saturated rings. The van der Waals surface area contributed by atoms with E-state index in [-0.39, 0.29) is 42.5 Å². The Morgan fingerprint density at radius 2 is 2.00 bits per heavy atom. The topological polar surface area (TPSA) is 54.9 Å². The minimum atomic E-state index is -0.247. The SMILES string of the molecule is CCOC(CCNC(=NC)NCc1ccc(F)c(COC)c1)C(C)C.I. The van der Waals surface area contributed by atoms with E-state index < -0.39 is 0 Å². The number of rotatable bonds is 10. The Hall–Kier alpha value is -0.930. The molecule has 1 atom stereocenters. The molecule has 0 heterocycles. The van der Waals surface area contributed by atoms with E-state index in [1.54, 1.807) is 20.2 Å². The molecular formula is C19H33FIN3O2. The summed E-state index contributed by atoms with van der Waals surface area (Å²) in [5.74, 6) is 0.954. The highest BCUT2D eigenvalue weighted by Gasteiger charge is 2.13. The monoisotopic (exact) mass is 481 g/mol. The molecule has 0 aliphatic rings. The van der Waals surface area contributed by atoms with Crippen LogP contribution in [0.5, 0.6) is 0 Å². The van der Waals surface area contributed by atoms with Gasteiger partial charge in [0.1, 0.15) is 5.82 Å². The number of guanidine groups is 1. The number of aliphatic imine (C=N–C) groups is 1. The summed E-state index contributed by atoms with van der Waals surface area (Å²) in [5, 5.41) is 6.54. The minimum absolute atomic E-state index is 0. The summed E-state index contributed by atoms with van der Waals surface area (Å²) in [6.45, 7) is 8.68. The van der Waals surface area contributed by atoms with Crippen molar-refractivity contribution in [3.63, 3.8) is 0 Å². The molecule has 0 aliphatic heterocycles. The minimum Gasteiger partial charge on any atom is -0.380 e. The van der Waals surface area contributed by atoms with Crippen LogP contribution in [-0.2, 0) is 22.6 Å². The van der Waals surface area contributed by atoms with Crippen molar-refractivity contribution in [2.24, 2.45) is 10.9 Å². The molecule has 1 aromatic rings. The Labute approximate surface area is 174 Å². The van der Waals surface area contributed by atoms with E-state index in [0.717, 1.165) is 31.1 Å². The zero-order valence-electron chi connectivity index (χ0n) is 16.5. The highest BCUT2D eigenvalue weighted by atomic mass is 127. The number of ether oxygens (including phenoxy) is 2. The fraction of sp³-hybridized carbons (Fsp3) is 0.632. The number of benzene rings is 1. The fourth-order valence-corrected chi connectivity index (χ4v) is 2.57. The van der Waals surface area contributed by atoms with Gasteiger partial charge in [-0.1, -0.05) is 19.9 Å². The maximum Gasteiger partial charge on any atom is 0.191 e. The second-order valence-corrected chi connectivity index (χ2v) is 6.24. The predicted molar refractivity (Wildman–Crippen MR) is 116 cm³/mol. The van der Waals surface area contributed by atoms with E-state index in [1.807, 2.05) is 13.0 Å². The summed E-state index contributed by atoms with van der Waals surface area (Å²) in [4.78, 5) is 4.22. The summed E-state index contributed by atoms with van der Waals surface area (Å²) < 4.78 is 24.4. The van der Waals surface area contributed by atoms with E-state index in [0.29, 0.717) is 18.0 Å². The van der Waals surface area contributed by atoms with Crippen molar-refractivity contribution in [2.45, 2.75) is 46.4 Å². The first-order valence-corrected chi connectivity index (χ1v) is 8.84. The van der Waals surface area contributed by atoms with Crippen molar-refractivity contribution in [1.29, 1.82) is 0 Å². The number of hydrogen-bond donors (Lipinski definition) is 2. The van der Waals surface area contributed by atoms with Gasteiger partial charge in [-0.2, -0.15) is 0 Å². The third-order valence-corrected chi connectivity index (χ3v) is 3.94. The number of hydrogen-bond acceptors (Lipinski definition) is 3. The van der Waals surface area contributed by atoms with Gasteiger partial charge in [-0.25, -0.2) is 4.39 Å². The van der Waals surface area contributed by atoms with Gasteiger partial charge in [0.15, 0.2) is 5.96 Å². The van der Waals surface area contributed by atoms with Crippen LogP contribution >= 0.6 is 24.0 Å². The van der Waals surface area contributed by atoms with Crippen LogP contribution in [-0.4, -0.2) is 39.4 Å². The Bertz CT molecular complexity index is 542. The Morgan fingerprint density at radius 1 is 1.27 bits per heavy atom. The lowest BCUT2D eigenvalue weighted by atomic mass is 10.0. The maximum absolute atomic E-state index is 13.6. The molecule has 0 aliphatic carbocycles. The highest BCUT2D eigenvalue weighted by molar-refractivity contribution is 14.0. The Morgan fingerprint density at radius 3 is 2.58 bits per heavy atom. The van der Waals surface area contributed by atoms with E-state index >= 15 is 0 Å². The zero-order valence-corrected chi connectivity index (χ0v) is 18.8. The van der Waals surface area contributed by atoms with Gasteiger partial charge in [-0.3, -0.25) is 4.99 Å². The first-order valence-electron chi connectivity index (χ1n) is 8.84. The predicted octanol–water partition coefficient (Wildman–Crippen LogP) is 3.71. The molecule has 0 saturated heterocycles. The molecule has 0 spiro atoms. The third-order valence-electron chi connectivity index (χ3n) is 3.94. The van der Waals surface area contributed by atoms with Crippen LogP contribution in [0.4, 0.5) is 4.39 Å². The van der Waals surface area contributed by atoms with Crippen LogP contribution < -0.4 is 10.6 Å². The van der Waals surface area contributed by atoms with E-state index in [9.17, 15) is 4.39 Å². The second-order valence-electron chi connectivity index (χ2n) is 6.24. The van der Waals surface area contributed by atoms with Gasteiger partial charge < -0.3 is 20.1 Å². The molecule has 1 unspecified atom stereocenters. The molecular weight excluding hydrogens is 448 g/mol. The van der Waals surface area contributed by atoms with Gasteiger partial charge in [0.2, 0.25) is 0 Å². The molecule has 150 valence electrons. The van der Waals surface area contributed by atoms with Gasteiger partial charge in [-0.05, 0) is 37.0 Å². The average Bonchev–Trinajstić information content (AvgIpc) is 2.59. The molecule has 0 bridgehead atoms. The van der Waals surface area contributed by atoms with Crippen molar-refractivity contribution in [1.82, 2.24) is 10.6 Å². The van der Waals surface area contributed by atoms with Crippen LogP contribution in [0.25, 0.3) is 0 Å². The third kappa shape index (κ3) is 9.14. The first-order chi connectivity index (χ1) is 12.0. The Balaban J connectivity index is 0.00000625. The molecule has 0 radical (unpaired) electrons. The summed E-state index contributed by atoms with van der Waals surface area (Å²) in [7, 11) is 3.29. The number of nitrogens with one attached hydrogen (secondary N) is 2. The van der Waals surface area contributed by atoms with Gasteiger partial charge in [0, 0.05) is 39.4 Å². The van der Waals surface area contributed by atoms with Crippen molar-refractivity contribution in [2.75, 3.05) is 27.3 Å². The smallest absolute Gasteiger partial charge is 0.191 e. The molecule has 0 aromatic heterocycles. The molecule has 0 amide bonds. The van der Waals surface area contributed by atoms with Crippen molar-refractivity contribution in [3.8, 4) is 0 Å². The van der Waals surface area contributed by atoms with E-state index in [4.69, 9.17) is 9.47 Å². The zero-order chi connectivity index (χ0) is 18.7. The highest BCUT2D eigenvalue weighted by Crippen LogP contribution is 2.12. The molecule has 2 N–H and O–H groups in total. The summed E-state index contributed by atoms with van der Waals surface area (Å²) in [5.41, 5.74) is 1.53.